The van der Waals surface area contributed by atoms with Crippen molar-refractivity contribution in [3.8, 4) is 0 Å². The molecule has 2 aliphatic carbocycles. The fraction of sp³-hybridized carbons (Fsp3) is 0.750. The Labute approximate surface area is 134 Å². The number of carbonyl (C=O) groups is 1. The van der Waals surface area contributed by atoms with Gasteiger partial charge in [0.05, 0.1) is 16.4 Å². The Hall–Kier alpha value is -0.840. The summed E-state index contributed by atoms with van der Waals surface area (Å²) in [6.07, 6.45) is 7.19. The highest BCUT2D eigenvalue weighted by Crippen LogP contribution is 2.49. The van der Waals surface area contributed by atoms with E-state index in [1.165, 1.54) is 25.7 Å². The number of amides is 1. The van der Waals surface area contributed by atoms with Crippen LogP contribution in [0, 0.1) is 24.7 Å². The van der Waals surface area contributed by atoms with E-state index in [9.17, 15) is 4.79 Å². The molecule has 0 spiro atoms. The van der Waals surface area contributed by atoms with Gasteiger partial charge < -0.3 is 5.32 Å². The number of aromatic nitrogens is 2. The fourth-order valence-electron chi connectivity index (χ4n) is 4.26. The molecule has 5 heteroatoms. The molecule has 2 saturated carbocycles. The molecule has 5 atom stereocenters. The minimum Gasteiger partial charge on any atom is -0.352 e. The third-order valence-electron chi connectivity index (χ3n) is 5.54. The molecule has 1 aromatic rings. The van der Waals surface area contributed by atoms with Crippen LogP contribution in [0.3, 0.4) is 0 Å². The van der Waals surface area contributed by atoms with E-state index < -0.39 is 0 Å². The topological polar surface area (TPSA) is 46.9 Å². The highest BCUT2D eigenvalue weighted by atomic mass is 79.9. The second-order valence-corrected chi connectivity index (χ2v) is 7.69. The minimum atomic E-state index is -0.266. The van der Waals surface area contributed by atoms with Crippen LogP contribution in [-0.2, 0) is 4.79 Å². The van der Waals surface area contributed by atoms with Gasteiger partial charge in [-0.3, -0.25) is 9.48 Å². The molecule has 2 aliphatic rings. The van der Waals surface area contributed by atoms with E-state index in [-0.39, 0.29) is 18.0 Å². The van der Waals surface area contributed by atoms with Crippen LogP contribution in [0.5, 0.6) is 0 Å². The summed E-state index contributed by atoms with van der Waals surface area (Å²) in [5, 5.41) is 7.51. The van der Waals surface area contributed by atoms with Crippen molar-refractivity contribution in [3.05, 3.63) is 16.4 Å². The van der Waals surface area contributed by atoms with Gasteiger partial charge in [-0.1, -0.05) is 6.42 Å². The number of hydrogen-bond donors (Lipinski definition) is 1. The molecule has 5 unspecified atom stereocenters. The summed E-state index contributed by atoms with van der Waals surface area (Å²) in [6, 6.07) is 0.00639. The molecule has 1 heterocycles. The van der Waals surface area contributed by atoms with Crippen molar-refractivity contribution >= 4 is 21.8 Å². The number of rotatable bonds is 4. The SMILES string of the molecule is Cc1c(Br)cnn1C(C)C(=O)NC(C)C1CC2CCC1C2. The Bertz CT molecular complexity index is 542. The van der Waals surface area contributed by atoms with Crippen molar-refractivity contribution in [2.24, 2.45) is 17.8 Å². The molecule has 1 N–H and O–H groups in total. The number of nitrogens with one attached hydrogen (secondary N) is 1. The lowest BCUT2D eigenvalue weighted by Gasteiger charge is -2.29. The van der Waals surface area contributed by atoms with Crippen LogP contribution in [0.15, 0.2) is 10.7 Å². The van der Waals surface area contributed by atoms with Crippen LogP contribution >= 0.6 is 15.9 Å². The molecule has 2 fully saturated rings. The second kappa shape index (κ2) is 5.75. The van der Waals surface area contributed by atoms with Gasteiger partial charge in [-0.2, -0.15) is 5.10 Å². The van der Waals surface area contributed by atoms with Crippen LogP contribution in [0.2, 0.25) is 0 Å². The lowest BCUT2D eigenvalue weighted by molar-refractivity contribution is -0.125. The molecular formula is C16H24BrN3O. The Balaban J connectivity index is 1.62. The van der Waals surface area contributed by atoms with Gasteiger partial charge in [-0.25, -0.2) is 0 Å². The average molecular weight is 354 g/mol. The minimum absolute atomic E-state index is 0.0731. The highest BCUT2D eigenvalue weighted by Gasteiger charge is 2.42. The van der Waals surface area contributed by atoms with Gasteiger partial charge in [-0.15, -0.1) is 0 Å². The van der Waals surface area contributed by atoms with Crippen LogP contribution in [0.25, 0.3) is 0 Å². The van der Waals surface area contributed by atoms with Crippen molar-refractivity contribution in [1.82, 2.24) is 15.1 Å². The Morgan fingerprint density at radius 3 is 2.71 bits per heavy atom. The molecule has 0 aliphatic heterocycles. The molecule has 1 amide bonds. The Morgan fingerprint density at radius 2 is 2.19 bits per heavy atom. The fourth-order valence-corrected chi connectivity index (χ4v) is 4.54. The van der Waals surface area contributed by atoms with Crippen molar-refractivity contribution in [1.29, 1.82) is 0 Å². The molecule has 0 radical (unpaired) electrons. The molecule has 116 valence electrons. The number of halogens is 1. The molecule has 1 aromatic heterocycles. The van der Waals surface area contributed by atoms with Crippen LogP contribution in [0.4, 0.5) is 0 Å². The lowest BCUT2D eigenvalue weighted by Crippen LogP contribution is -2.43. The molecular weight excluding hydrogens is 330 g/mol. The summed E-state index contributed by atoms with van der Waals surface area (Å²) >= 11 is 3.45. The lowest BCUT2D eigenvalue weighted by atomic mass is 9.84. The summed E-state index contributed by atoms with van der Waals surface area (Å²) in [6.45, 7) is 6.05. The zero-order valence-electron chi connectivity index (χ0n) is 13.0. The van der Waals surface area contributed by atoms with Crippen molar-refractivity contribution in [2.75, 3.05) is 0 Å². The maximum Gasteiger partial charge on any atom is 0.244 e. The first-order chi connectivity index (χ1) is 9.97. The van der Waals surface area contributed by atoms with Gasteiger partial charge in [0.1, 0.15) is 6.04 Å². The first kappa shape index (κ1) is 15.1. The standard InChI is InChI=1S/C16H24BrN3O/c1-9(14-7-12-4-5-13(14)6-12)19-16(21)11(3)20-10(2)15(17)8-18-20/h8-9,11-14H,4-7H2,1-3H3,(H,19,21). The van der Waals surface area contributed by atoms with E-state index in [4.69, 9.17) is 0 Å². The third kappa shape index (κ3) is 2.77. The maximum atomic E-state index is 12.5. The maximum absolute atomic E-state index is 12.5. The first-order valence-corrected chi connectivity index (χ1v) is 8.76. The first-order valence-electron chi connectivity index (χ1n) is 7.97. The molecule has 21 heavy (non-hydrogen) atoms. The van der Waals surface area contributed by atoms with Gasteiger partial charge in [0.15, 0.2) is 0 Å². The number of nitrogens with zero attached hydrogens (tertiary/aromatic N) is 2. The highest BCUT2D eigenvalue weighted by molar-refractivity contribution is 9.10. The van der Waals surface area contributed by atoms with Gasteiger partial charge in [0.25, 0.3) is 0 Å². The summed E-state index contributed by atoms with van der Waals surface area (Å²) in [7, 11) is 0. The van der Waals surface area contributed by atoms with Crippen LogP contribution < -0.4 is 5.32 Å². The van der Waals surface area contributed by atoms with E-state index in [2.05, 4.69) is 33.3 Å². The second-order valence-electron chi connectivity index (χ2n) is 6.83. The van der Waals surface area contributed by atoms with Crippen molar-refractivity contribution in [2.45, 2.75) is 58.5 Å². The molecule has 3 rings (SSSR count). The summed E-state index contributed by atoms with van der Waals surface area (Å²) in [4.78, 5) is 12.5. The molecule has 0 aromatic carbocycles. The average Bonchev–Trinajstić information content (AvgIpc) is 3.15. The smallest absolute Gasteiger partial charge is 0.244 e. The van der Waals surface area contributed by atoms with E-state index in [1.54, 1.807) is 10.9 Å². The molecule has 2 bridgehead atoms. The van der Waals surface area contributed by atoms with E-state index >= 15 is 0 Å². The van der Waals surface area contributed by atoms with Crippen molar-refractivity contribution in [3.63, 3.8) is 0 Å². The largest absolute Gasteiger partial charge is 0.352 e. The zero-order chi connectivity index (χ0) is 15.1. The molecule has 0 saturated heterocycles. The van der Waals surface area contributed by atoms with E-state index in [0.29, 0.717) is 5.92 Å². The Morgan fingerprint density at radius 1 is 1.43 bits per heavy atom. The van der Waals surface area contributed by atoms with Gasteiger partial charge in [0.2, 0.25) is 5.91 Å². The van der Waals surface area contributed by atoms with Gasteiger partial charge in [-0.05, 0) is 73.7 Å². The van der Waals surface area contributed by atoms with Crippen molar-refractivity contribution < 1.29 is 4.79 Å². The van der Waals surface area contributed by atoms with Crippen LogP contribution in [0.1, 0.15) is 51.3 Å². The van der Waals surface area contributed by atoms with E-state index in [0.717, 1.165) is 22.0 Å². The summed E-state index contributed by atoms with van der Waals surface area (Å²) < 4.78 is 2.73. The monoisotopic (exact) mass is 353 g/mol. The zero-order valence-corrected chi connectivity index (χ0v) is 14.6. The number of fused-ring (bicyclic) bond motifs is 2. The molecule has 4 nitrogen and oxygen atoms in total. The Kier molecular flexibility index (Phi) is 4.12. The normalized spacial score (nSPS) is 30.4. The van der Waals surface area contributed by atoms with E-state index in [1.807, 2.05) is 13.8 Å². The number of hydrogen-bond acceptors (Lipinski definition) is 2. The van der Waals surface area contributed by atoms with Gasteiger partial charge in [0, 0.05) is 6.04 Å². The summed E-state index contributed by atoms with van der Waals surface area (Å²) in [5.41, 5.74) is 0.991. The predicted molar refractivity (Wildman–Crippen MR) is 85.9 cm³/mol. The van der Waals surface area contributed by atoms with Crippen LogP contribution in [-0.4, -0.2) is 21.7 Å². The third-order valence-corrected chi connectivity index (χ3v) is 6.31. The summed E-state index contributed by atoms with van der Waals surface area (Å²) in [5.74, 6) is 2.50. The number of carbonyl (C=O) groups excluding carboxylic acids is 1. The van der Waals surface area contributed by atoms with Gasteiger partial charge >= 0.3 is 0 Å². The predicted octanol–water partition coefficient (Wildman–Crippen LogP) is 3.46. The quantitative estimate of drug-likeness (QED) is 0.900.